The molecule has 1 saturated heterocycles. The van der Waals surface area contributed by atoms with Gasteiger partial charge in [-0.25, -0.2) is 4.99 Å². The largest absolute Gasteiger partial charge is 0.469 e. The quantitative estimate of drug-likeness (QED) is 0.588. The number of likely N-dealkylation sites (N-methyl/N-ethyl adjacent to an activating group) is 2. The van der Waals surface area contributed by atoms with Crippen LogP contribution < -0.4 is 5.32 Å². The maximum atomic E-state index is 11.9. The standard InChI is InChI=1S/C19H33N5O2/c1-6-24-10-7-8-17(24)12-20-19(21-13-18(25)22(3)4)23(5)14-16-9-11-26-15(16)2/h9,11,17H,6-8,10,12-14H2,1-5H3,(H,20,21). The van der Waals surface area contributed by atoms with E-state index < -0.39 is 0 Å². The Bertz CT molecular complexity index is 611. The number of aryl methyl sites for hydroxylation is 1. The molecule has 0 radical (unpaired) electrons. The van der Waals surface area contributed by atoms with Crippen LogP contribution >= 0.6 is 0 Å². The van der Waals surface area contributed by atoms with Gasteiger partial charge in [0.2, 0.25) is 5.91 Å². The van der Waals surface area contributed by atoms with E-state index in [2.05, 4.69) is 22.1 Å². The van der Waals surface area contributed by atoms with Crippen molar-refractivity contribution >= 4 is 11.9 Å². The number of nitrogens with zero attached hydrogens (tertiary/aromatic N) is 4. The summed E-state index contributed by atoms with van der Waals surface area (Å²) >= 11 is 0. The maximum Gasteiger partial charge on any atom is 0.243 e. The van der Waals surface area contributed by atoms with Crippen molar-refractivity contribution in [3.8, 4) is 0 Å². The third kappa shape index (κ3) is 5.49. The summed E-state index contributed by atoms with van der Waals surface area (Å²) in [4.78, 5) is 22.6. The molecule has 0 aromatic carbocycles. The number of amides is 1. The first kappa shape index (κ1) is 20.3. The molecule has 146 valence electrons. The molecule has 0 spiro atoms. The molecule has 1 aliphatic heterocycles. The minimum atomic E-state index is -0.00626. The van der Waals surface area contributed by atoms with Crippen molar-refractivity contribution in [2.24, 2.45) is 4.99 Å². The highest BCUT2D eigenvalue weighted by Crippen LogP contribution is 2.16. The first-order valence-corrected chi connectivity index (χ1v) is 9.39. The van der Waals surface area contributed by atoms with Gasteiger partial charge in [-0.15, -0.1) is 0 Å². The van der Waals surface area contributed by atoms with Gasteiger partial charge >= 0.3 is 0 Å². The SMILES string of the molecule is CCN1CCCC1CNC(=NCC(=O)N(C)C)N(C)Cc1ccoc1C. The summed E-state index contributed by atoms with van der Waals surface area (Å²) in [5.74, 6) is 1.66. The molecule has 1 amide bonds. The molecule has 7 nitrogen and oxygen atoms in total. The lowest BCUT2D eigenvalue weighted by molar-refractivity contribution is -0.127. The van der Waals surface area contributed by atoms with Crippen LogP contribution in [0.15, 0.2) is 21.7 Å². The first-order chi connectivity index (χ1) is 12.4. The van der Waals surface area contributed by atoms with Crippen molar-refractivity contribution < 1.29 is 9.21 Å². The van der Waals surface area contributed by atoms with Crippen LogP contribution in [0.5, 0.6) is 0 Å². The Balaban J connectivity index is 2.03. The number of guanidine groups is 1. The van der Waals surface area contributed by atoms with Crippen LogP contribution in [0.1, 0.15) is 31.1 Å². The first-order valence-electron chi connectivity index (χ1n) is 9.39. The fourth-order valence-corrected chi connectivity index (χ4v) is 3.25. The van der Waals surface area contributed by atoms with Gasteiger partial charge in [0, 0.05) is 45.8 Å². The van der Waals surface area contributed by atoms with Gasteiger partial charge in [0.15, 0.2) is 5.96 Å². The molecule has 26 heavy (non-hydrogen) atoms. The number of carbonyl (C=O) groups is 1. The summed E-state index contributed by atoms with van der Waals surface area (Å²) in [5, 5.41) is 3.48. The number of likely N-dealkylation sites (tertiary alicyclic amines) is 1. The van der Waals surface area contributed by atoms with Gasteiger partial charge in [0.05, 0.1) is 6.26 Å². The van der Waals surface area contributed by atoms with E-state index in [1.165, 1.54) is 19.4 Å². The number of carbonyl (C=O) groups excluding carboxylic acids is 1. The van der Waals surface area contributed by atoms with Crippen molar-refractivity contribution in [2.45, 2.75) is 39.3 Å². The molecule has 1 aromatic heterocycles. The van der Waals surface area contributed by atoms with Gasteiger partial charge in [0.25, 0.3) is 0 Å². The van der Waals surface area contributed by atoms with E-state index in [4.69, 9.17) is 4.42 Å². The second kappa shape index (κ2) is 9.62. The van der Waals surface area contributed by atoms with Crippen molar-refractivity contribution in [1.29, 1.82) is 0 Å². The second-order valence-electron chi connectivity index (χ2n) is 7.09. The van der Waals surface area contributed by atoms with Crippen LogP contribution in [0, 0.1) is 6.92 Å². The van der Waals surface area contributed by atoms with Crippen molar-refractivity contribution in [2.75, 3.05) is 47.3 Å². The van der Waals surface area contributed by atoms with Gasteiger partial charge in [-0.05, 0) is 38.9 Å². The molecule has 0 saturated carbocycles. The lowest BCUT2D eigenvalue weighted by atomic mass is 10.2. The van der Waals surface area contributed by atoms with E-state index in [0.29, 0.717) is 12.6 Å². The average Bonchev–Trinajstić information content (AvgIpc) is 3.23. The maximum absolute atomic E-state index is 11.9. The van der Waals surface area contributed by atoms with Crippen LogP contribution in [0.2, 0.25) is 0 Å². The lowest BCUT2D eigenvalue weighted by Crippen LogP contribution is -2.45. The Hall–Kier alpha value is -2.02. The van der Waals surface area contributed by atoms with E-state index in [0.717, 1.165) is 30.4 Å². The Morgan fingerprint density at radius 3 is 2.81 bits per heavy atom. The summed E-state index contributed by atoms with van der Waals surface area (Å²) in [5.41, 5.74) is 1.12. The van der Waals surface area contributed by atoms with Crippen LogP contribution in [0.3, 0.4) is 0 Å². The van der Waals surface area contributed by atoms with Crippen LogP contribution in [-0.4, -0.2) is 79.9 Å². The van der Waals surface area contributed by atoms with E-state index in [-0.39, 0.29) is 12.5 Å². The molecular formula is C19H33N5O2. The van der Waals surface area contributed by atoms with Gasteiger partial charge in [0.1, 0.15) is 12.3 Å². The number of rotatable bonds is 7. The molecule has 1 atom stereocenters. The highest BCUT2D eigenvalue weighted by atomic mass is 16.3. The number of hydrogen-bond donors (Lipinski definition) is 1. The highest BCUT2D eigenvalue weighted by Gasteiger charge is 2.23. The Morgan fingerprint density at radius 2 is 2.19 bits per heavy atom. The van der Waals surface area contributed by atoms with Crippen molar-refractivity contribution in [1.82, 2.24) is 20.0 Å². The molecule has 1 fully saturated rings. The van der Waals surface area contributed by atoms with Gasteiger partial charge in [-0.2, -0.15) is 0 Å². The summed E-state index contributed by atoms with van der Waals surface area (Å²) in [6.45, 7) is 8.08. The number of nitrogens with one attached hydrogen (secondary N) is 1. The van der Waals surface area contributed by atoms with Crippen LogP contribution in [0.25, 0.3) is 0 Å². The van der Waals surface area contributed by atoms with Crippen LogP contribution in [-0.2, 0) is 11.3 Å². The Morgan fingerprint density at radius 1 is 1.42 bits per heavy atom. The third-order valence-electron chi connectivity index (χ3n) is 5.00. The molecule has 0 bridgehead atoms. The molecule has 2 rings (SSSR count). The predicted molar refractivity (Wildman–Crippen MR) is 104 cm³/mol. The minimum absolute atomic E-state index is 0.00626. The average molecular weight is 364 g/mol. The zero-order valence-corrected chi connectivity index (χ0v) is 16.8. The monoisotopic (exact) mass is 363 g/mol. The zero-order valence-electron chi connectivity index (χ0n) is 16.8. The minimum Gasteiger partial charge on any atom is -0.469 e. The molecule has 0 aliphatic carbocycles. The van der Waals surface area contributed by atoms with E-state index in [1.54, 1.807) is 25.3 Å². The topological polar surface area (TPSA) is 64.3 Å². The zero-order chi connectivity index (χ0) is 19.1. The van der Waals surface area contributed by atoms with Crippen molar-refractivity contribution in [3.63, 3.8) is 0 Å². The molecule has 2 heterocycles. The fourth-order valence-electron chi connectivity index (χ4n) is 3.25. The summed E-state index contributed by atoms with van der Waals surface area (Å²) < 4.78 is 5.39. The van der Waals surface area contributed by atoms with Gasteiger partial charge < -0.3 is 19.5 Å². The van der Waals surface area contributed by atoms with Crippen LogP contribution in [0.4, 0.5) is 0 Å². The van der Waals surface area contributed by atoms with Gasteiger partial charge in [-0.3, -0.25) is 9.69 Å². The predicted octanol–water partition coefficient (Wildman–Crippen LogP) is 1.54. The van der Waals surface area contributed by atoms with E-state index >= 15 is 0 Å². The van der Waals surface area contributed by atoms with E-state index in [9.17, 15) is 4.79 Å². The normalized spacial score (nSPS) is 18.2. The third-order valence-corrected chi connectivity index (χ3v) is 5.00. The fraction of sp³-hybridized carbons (Fsp3) is 0.684. The summed E-state index contributed by atoms with van der Waals surface area (Å²) in [6, 6.07) is 2.50. The molecule has 1 unspecified atom stereocenters. The van der Waals surface area contributed by atoms with Gasteiger partial charge in [-0.1, -0.05) is 6.92 Å². The molecule has 1 N–H and O–H groups in total. The van der Waals surface area contributed by atoms with Crippen molar-refractivity contribution in [3.05, 3.63) is 23.7 Å². The Kier molecular flexibility index (Phi) is 7.50. The molecular weight excluding hydrogens is 330 g/mol. The lowest BCUT2D eigenvalue weighted by Gasteiger charge is -2.27. The molecule has 1 aromatic rings. The number of aliphatic imine (C=N–C) groups is 1. The highest BCUT2D eigenvalue weighted by molar-refractivity contribution is 5.84. The smallest absolute Gasteiger partial charge is 0.243 e. The molecule has 7 heteroatoms. The number of furan rings is 1. The summed E-state index contributed by atoms with van der Waals surface area (Å²) in [7, 11) is 5.49. The molecule has 1 aliphatic rings. The number of hydrogen-bond acceptors (Lipinski definition) is 4. The van der Waals surface area contributed by atoms with E-state index in [1.807, 2.05) is 24.9 Å². The summed E-state index contributed by atoms with van der Waals surface area (Å²) in [6.07, 6.45) is 4.15. The second-order valence-corrected chi connectivity index (χ2v) is 7.09. The Labute approximate surface area is 157 Å².